The summed E-state index contributed by atoms with van der Waals surface area (Å²) in [5, 5.41) is 21.4. The molecule has 0 amide bonds. The van der Waals surface area contributed by atoms with Crippen molar-refractivity contribution in [2.24, 2.45) is 0 Å². The summed E-state index contributed by atoms with van der Waals surface area (Å²) < 4.78 is 16.3. The number of hydrogen-bond donors (Lipinski definition) is 2. The van der Waals surface area contributed by atoms with Crippen LogP contribution in [0.2, 0.25) is 0 Å². The number of carbonyl (C=O) groups is 3. The lowest BCUT2D eigenvalue weighted by molar-refractivity contribution is -0.135. The smallest absolute Gasteiger partial charge is 0.342 e. The van der Waals surface area contributed by atoms with Crippen LogP contribution in [0.4, 0.5) is 0 Å². The number of phenolic OH excluding ortho intramolecular Hbond substituents is 2. The Morgan fingerprint density at radius 1 is 1.06 bits per heavy atom. The Morgan fingerprint density at radius 3 is 2.61 bits per heavy atom. The van der Waals surface area contributed by atoms with Gasteiger partial charge in [-0.05, 0) is 61.9 Å². The topological polar surface area (TPSA) is 119 Å². The number of methoxy groups -OCH3 is 1. The van der Waals surface area contributed by atoms with Gasteiger partial charge in [-0.1, -0.05) is 18.2 Å². The molecule has 2 aromatic rings. The van der Waals surface area contributed by atoms with Crippen molar-refractivity contribution < 1.29 is 38.8 Å². The van der Waals surface area contributed by atoms with Crippen LogP contribution in [0.3, 0.4) is 0 Å². The van der Waals surface area contributed by atoms with Crippen molar-refractivity contribution in [3.8, 4) is 23.0 Å². The van der Waals surface area contributed by atoms with Gasteiger partial charge < -0.3 is 24.4 Å². The number of phenols is 2. The molecular formula is C28H30O8. The first-order chi connectivity index (χ1) is 17.3. The average molecular weight is 495 g/mol. The molecule has 0 fully saturated rings. The van der Waals surface area contributed by atoms with Crippen molar-refractivity contribution in [3.05, 3.63) is 52.6 Å². The quantitative estimate of drug-likeness (QED) is 0.441. The van der Waals surface area contributed by atoms with Crippen LogP contribution >= 0.6 is 0 Å². The number of aromatic hydroxyl groups is 2. The number of Topliss-reactive ketones (excluding diaryl/α,β-unsaturated/α-hetero) is 1. The lowest BCUT2D eigenvalue weighted by atomic mass is 9.83. The standard InChI is InChI=1S/C28H30O8/c1-16-7-6-10-19(29)9-5-3-4-8-18-14-23-26(27(32)25(18)28(33)35-16)20(15-24(31)36-23)17-11-12-21(30)22(13-17)34-2/h4,8,11-14,16,20,30,32H,3,5-7,9-10,15H2,1-2H3/b8-4+/t16-,20?/m0/s1. The second-order valence-corrected chi connectivity index (χ2v) is 9.20. The number of esters is 2. The molecule has 0 bridgehead atoms. The van der Waals surface area contributed by atoms with E-state index in [9.17, 15) is 24.6 Å². The van der Waals surface area contributed by atoms with Gasteiger partial charge in [-0.2, -0.15) is 0 Å². The maximum atomic E-state index is 13.3. The third-order valence-corrected chi connectivity index (χ3v) is 6.58. The third kappa shape index (κ3) is 5.37. The first-order valence-electron chi connectivity index (χ1n) is 12.1. The monoisotopic (exact) mass is 494 g/mol. The zero-order valence-electron chi connectivity index (χ0n) is 20.4. The summed E-state index contributed by atoms with van der Waals surface area (Å²) in [5.41, 5.74) is 1.27. The van der Waals surface area contributed by atoms with Gasteiger partial charge in [-0.3, -0.25) is 9.59 Å². The highest BCUT2D eigenvalue weighted by atomic mass is 16.5. The molecule has 2 aliphatic heterocycles. The van der Waals surface area contributed by atoms with Gasteiger partial charge in [0.1, 0.15) is 22.8 Å². The Hall–Kier alpha value is -3.81. The minimum Gasteiger partial charge on any atom is -0.507 e. The number of rotatable bonds is 2. The summed E-state index contributed by atoms with van der Waals surface area (Å²) in [6.07, 6.45) is 6.37. The molecule has 1 unspecified atom stereocenters. The van der Waals surface area contributed by atoms with Crippen LogP contribution < -0.4 is 9.47 Å². The van der Waals surface area contributed by atoms with E-state index in [4.69, 9.17) is 14.2 Å². The number of allylic oxidation sites excluding steroid dienone is 1. The van der Waals surface area contributed by atoms with Crippen LogP contribution in [0.15, 0.2) is 30.3 Å². The molecule has 2 aromatic carbocycles. The molecule has 0 saturated heterocycles. The Bertz CT molecular complexity index is 1210. The SMILES string of the molecule is COc1cc(C2CC(=O)Oc3cc4c(c(O)c32)C(=O)O[C@@H](C)CCCC(=O)CCC/C=C/4)ccc1O. The van der Waals surface area contributed by atoms with Crippen molar-refractivity contribution in [3.63, 3.8) is 0 Å². The van der Waals surface area contributed by atoms with Gasteiger partial charge in [0.2, 0.25) is 0 Å². The predicted octanol–water partition coefficient (Wildman–Crippen LogP) is 5.03. The summed E-state index contributed by atoms with van der Waals surface area (Å²) in [6, 6.07) is 6.24. The number of ether oxygens (including phenoxy) is 3. The van der Waals surface area contributed by atoms with Gasteiger partial charge in [0.15, 0.2) is 11.5 Å². The molecule has 0 radical (unpaired) electrons. The Labute approximate surface area is 209 Å². The van der Waals surface area contributed by atoms with Crippen molar-refractivity contribution in [1.82, 2.24) is 0 Å². The van der Waals surface area contributed by atoms with Crippen molar-refractivity contribution in [2.75, 3.05) is 7.11 Å². The number of benzene rings is 2. The number of hydrogen-bond acceptors (Lipinski definition) is 8. The highest BCUT2D eigenvalue weighted by Gasteiger charge is 2.35. The molecule has 4 rings (SSSR count). The first kappa shape index (κ1) is 25.3. The van der Waals surface area contributed by atoms with Crippen molar-refractivity contribution in [1.29, 1.82) is 0 Å². The van der Waals surface area contributed by atoms with Crippen LogP contribution in [-0.4, -0.2) is 41.1 Å². The van der Waals surface area contributed by atoms with E-state index in [1.807, 2.05) is 6.08 Å². The molecule has 2 heterocycles. The fourth-order valence-electron chi connectivity index (χ4n) is 4.71. The highest BCUT2D eigenvalue weighted by Crippen LogP contribution is 2.48. The van der Waals surface area contributed by atoms with Crippen LogP contribution in [0.25, 0.3) is 6.08 Å². The van der Waals surface area contributed by atoms with E-state index >= 15 is 0 Å². The second kappa shape index (κ2) is 10.8. The normalized spacial score (nSPS) is 21.9. The van der Waals surface area contributed by atoms with E-state index < -0.39 is 24.0 Å². The molecule has 2 atom stereocenters. The number of carbonyl (C=O) groups excluding carboxylic acids is 3. The zero-order valence-corrected chi connectivity index (χ0v) is 20.4. The summed E-state index contributed by atoms with van der Waals surface area (Å²) in [7, 11) is 1.42. The maximum Gasteiger partial charge on any atom is 0.342 e. The van der Waals surface area contributed by atoms with E-state index in [1.165, 1.54) is 13.2 Å². The lowest BCUT2D eigenvalue weighted by Gasteiger charge is -2.28. The maximum absolute atomic E-state index is 13.3. The molecule has 8 heteroatoms. The minimum absolute atomic E-state index is 0.00122. The molecule has 8 nitrogen and oxygen atoms in total. The van der Waals surface area contributed by atoms with E-state index in [0.29, 0.717) is 55.2 Å². The minimum atomic E-state index is -0.690. The Kier molecular flexibility index (Phi) is 7.62. The fourth-order valence-corrected chi connectivity index (χ4v) is 4.71. The molecule has 190 valence electrons. The van der Waals surface area contributed by atoms with Gasteiger partial charge >= 0.3 is 11.9 Å². The Morgan fingerprint density at radius 2 is 1.83 bits per heavy atom. The van der Waals surface area contributed by atoms with Gasteiger partial charge in [-0.25, -0.2) is 4.79 Å². The summed E-state index contributed by atoms with van der Waals surface area (Å²) in [6.45, 7) is 1.76. The number of ketones is 1. The van der Waals surface area contributed by atoms with Crippen molar-refractivity contribution >= 4 is 23.8 Å². The molecule has 0 saturated carbocycles. The largest absolute Gasteiger partial charge is 0.507 e. The average Bonchev–Trinajstić information content (AvgIpc) is 2.82. The van der Waals surface area contributed by atoms with E-state index in [0.717, 1.165) is 0 Å². The van der Waals surface area contributed by atoms with Gasteiger partial charge in [0.25, 0.3) is 0 Å². The van der Waals surface area contributed by atoms with Crippen LogP contribution in [0, 0.1) is 0 Å². The van der Waals surface area contributed by atoms with Crippen LogP contribution in [0.1, 0.15) is 84.8 Å². The third-order valence-electron chi connectivity index (χ3n) is 6.58. The summed E-state index contributed by atoms with van der Waals surface area (Å²) in [4.78, 5) is 37.8. The Balaban J connectivity index is 1.82. The van der Waals surface area contributed by atoms with Gasteiger partial charge in [0, 0.05) is 24.3 Å². The van der Waals surface area contributed by atoms with Crippen LogP contribution in [-0.2, 0) is 14.3 Å². The summed E-state index contributed by atoms with van der Waals surface area (Å²) >= 11 is 0. The van der Waals surface area contributed by atoms with E-state index in [-0.39, 0.29) is 40.8 Å². The molecule has 36 heavy (non-hydrogen) atoms. The van der Waals surface area contributed by atoms with E-state index in [1.54, 1.807) is 31.2 Å². The molecule has 0 aliphatic carbocycles. The van der Waals surface area contributed by atoms with Gasteiger partial charge in [0.05, 0.1) is 19.6 Å². The zero-order chi connectivity index (χ0) is 25.8. The fraction of sp³-hybridized carbons (Fsp3) is 0.393. The molecule has 0 aromatic heterocycles. The van der Waals surface area contributed by atoms with E-state index in [2.05, 4.69) is 0 Å². The summed E-state index contributed by atoms with van der Waals surface area (Å²) in [5.74, 6) is -1.61. The second-order valence-electron chi connectivity index (χ2n) is 9.20. The van der Waals surface area contributed by atoms with Crippen molar-refractivity contribution in [2.45, 2.75) is 63.9 Å². The molecule has 2 N–H and O–H groups in total. The molecular weight excluding hydrogens is 464 g/mol. The van der Waals surface area contributed by atoms with Crippen LogP contribution in [0.5, 0.6) is 23.0 Å². The first-order valence-corrected chi connectivity index (χ1v) is 12.1. The predicted molar refractivity (Wildman–Crippen MR) is 131 cm³/mol. The highest BCUT2D eigenvalue weighted by molar-refractivity contribution is 5.98. The molecule has 2 aliphatic rings. The number of cyclic esters (lactones) is 1. The molecule has 0 spiro atoms. The number of fused-ring (bicyclic) bond motifs is 2. The lowest BCUT2D eigenvalue weighted by Crippen LogP contribution is -2.23. The van der Waals surface area contributed by atoms with Gasteiger partial charge in [-0.15, -0.1) is 0 Å².